The number of hydrogen-bond donors (Lipinski definition) is 3. The van der Waals surface area contributed by atoms with Gasteiger partial charge in [0.15, 0.2) is 5.78 Å². The molecule has 1 aliphatic heterocycles. The lowest BCUT2D eigenvalue weighted by atomic mass is 10.1. The molecule has 0 radical (unpaired) electrons. The fraction of sp³-hybridized carbons (Fsp3) is 0.286. The summed E-state index contributed by atoms with van der Waals surface area (Å²) in [6, 6.07) is 12.9. The minimum absolute atomic E-state index is 0.0643. The number of anilines is 2. The van der Waals surface area contributed by atoms with Crippen LogP contribution in [-0.4, -0.2) is 59.3 Å². The maximum Gasteiger partial charge on any atom is 0.323 e. The zero-order valence-electron chi connectivity index (χ0n) is 16.2. The number of Topliss-reactive ketones (excluding diaryl/α,β-unsaturated/α-hetero) is 1. The molecule has 1 fully saturated rings. The van der Waals surface area contributed by atoms with E-state index in [1.165, 1.54) is 0 Å². The van der Waals surface area contributed by atoms with Crippen molar-refractivity contribution in [3.8, 4) is 0 Å². The number of amides is 1. The SMILES string of the molecule is CC(=O)c1ccc(N2CCN(CC(=O)Nc3ccc4[nH]c(=O)[nH]c4c3)CC2)cc1. The van der Waals surface area contributed by atoms with Crippen molar-refractivity contribution < 1.29 is 9.59 Å². The van der Waals surface area contributed by atoms with Gasteiger partial charge in [0.1, 0.15) is 0 Å². The summed E-state index contributed by atoms with van der Waals surface area (Å²) in [4.78, 5) is 44.9. The van der Waals surface area contributed by atoms with Crippen LogP contribution in [0, 0.1) is 0 Å². The van der Waals surface area contributed by atoms with Gasteiger partial charge < -0.3 is 20.2 Å². The zero-order chi connectivity index (χ0) is 20.4. The van der Waals surface area contributed by atoms with E-state index in [-0.39, 0.29) is 17.4 Å². The molecule has 3 aromatic rings. The molecule has 2 heterocycles. The number of imidazole rings is 1. The lowest BCUT2D eigenvalue weighted by Gasteiger charge is -2.35. The molecule has 0 atom stereocenters. The standard InChI is InChI=1S/C21H23N5O3/c1-14(27)15-2-5-17(6-3-15)26-10-8-25(9-11-26)13-20(28)22-16-4-7-18-19(12-16)24-21(29)23-18/h2-7,12H,8-11,13H2,1H3,(H,22,28)(H2,23,24,29). The molecule has 0 spiro atoms. The van der Waals surface area contributed by atoms with Crippen LogP contribution in [0.1, 0.15) is 17.3 Å². The van der Waals surface area contributed by atoms with Gasteiger partial charge in [-0.05, 0) is 49.4 Å². The average Bonchev–Trinajstić information content (AvgIpc) is 3.08. The Morgan fingerprint density at radius 1 is 0.966 bits per heavy atom. The van der Waals surface area contributed by atoms with Crippen molar-refractivity contribution in [3.63, 3.8) is 0 Å². The first kappa shape index (κ1) is 18.9. The number of nitrogens with one attached hydrogen (secondary N) is 3. The maximum atomic E-state index is 12.4. The number of aromatic nitrogens is 2. The maximum absolute atomic E-state index is 12.4. The Morgan fingerprint density at radius 2 is 1.66 bits per heavy atom. The van der Waals surface area contributed by atoms with E-state index in [2.05, 4.69) is 25.1 Å². The Balaban J connectivity index is 1.29. The monoisotopic (exact) mass is 393 g/mol. The lowest BCUT2D eigenvalue weighted by Crippen LogP contribution is -2.48. The number of benzene rings is 2. The van der Waals surface area contributed by atoms with Crippen molar-refractivity contribution in [2.45, 2.75) is 6.92 Å². The van der Waals surface area contributed by atoms with Gasteiger partial charge in [0.05, 0.1) is 17.6 Å². The highest BCUT2D eigenvalue weighted by atomic mass is 16.2. The molecule has 0 aliphatic carbocycles. The smallest absolute Gasteiger partial charge is 0.323 e. The molecule has 29 heavy (non-hydrogen) atoms. The largest absolute Gasteiger partial charge is 0.369 e. The predicted molar refractivity (Wildman–Crippen MR) is 113 cm³/mol. The molecule has 150 valence electrons. The van der Waals surface area contributed by atoms with Gasteiger partial charge in [-0.15, -0.1) is 0 Å². The highest BCUT2D eigenvalue weighted by Crippen LogP contribution is 2.18. The molecule has 8 heteroatoms. The molecule has 1 amide bonds. The van der Waals surface area contributed by atoms with Gasteiger partial charge in [-0.2, -0.15) is 0 Å². The third-order valence-corrected chi connectivity index (χ3v) is 5.18. The number of fused-ring (bicyclic) bond motifs is 1. The average molecular weight is 393 g/mol. The second-order valence-corrected chi connectivity index (χ2v) is 7.25. The third kappa shape index (κ3) is 4.38. The highest BCUT2D eigenvalue weighted by molar-refractivity contribution is 5.95. The van der Waals surface area contributed by atoms with Crippen molar-refractivity contribution in [2.24, 2.45) is 0 Å². The van der Waals surface area contributed by atoms with Crippen molar-refractivity contribution in [2.75, 3.05) is 42.9 Å². The molecule has 1 saturated heterocycles. The van der Waals surface area contributed by atoms with E-state index in [1.807, 2.05) is 24.3 Å². The van der Waals surface area contributed by atoms with E-state index in [0.717, 1.165) is 31.9 Å². The molecular weight excluding hydrogens is 370 g/mol. The molecule has 8 nitrogen and oxygen atoms in total. The number of ketones is 1. The first-order valence-corrected chi connectivity index (χ1v) is 9.58. The molecule has 1 aromatic heterocycles. The number of nitrogens with zero attached hydrogens (tertiary/aromatic N) is 2. The van der Waals surface area contributed by atoms with Crippen LogP contribution in [0.25, 0.3) is 11.0 Å². The Bertz CT molecular complexity index is 1090. The van der Waals surface area contributed by atoms with E-state index in [1.54, 1.807) is 25.1 Å². The molecule has 4 rings (SSSR count). The van der Waals surface area contributed by atoms with Gasteiger partial charge in [0.2, 0.25) is 5.91 Å². The number of hydrogen-bond acceptors (Lipinski definition) is 5. The van der Waals surface area contributed by atoms with Crippen LogP contribution in [0.3, 0.4) is 0 Å². The van der Waals surface area contributed by atoms with E-state index in [0.29, 0.717) is 28.8 Å². The number of piperazine rings is 1. The first-order valence-electron chi connectivity index (χ1n) is 9.58. The summed E-state index contributed by atoms with van der Waals surface area (Å²) in [5.41, 5.74) is 3.57. The van der Waals surface area contributed by atoms with Crippen molar-refractivity contribution in [1.29, 1.82) is 0 Å². The van der Waals surface area contributed by atoms with Crippen LogP contribution in [-0.2, 0) is 4.79 Å². The number of carbonyl (C=O) groups is 2. The highest BCUT2D eigenvalue weighted by Gasteiger charge is 2.19. The fourth-order valence-electron chi connectivity index (χ4n) is 3.59. The molecule has 2 aromatic carbocycles. The second-order valence-electron chi connectivity index (χ2n) is 7.25. The van der Waals surface area contributed by atoms with Gasteiger partial charge in [0.25, 0.3) is 0 Å². The fourth-order valence-corrected chi connectivity index (χ4v) is 3.59. The predicted octanol–water partition coefficient (Wildman–Crippen LogP) is 1.82. The third-order valence-electron chi connectivity index (χ3n) is 5.18. The number of H-pyrrole nitrogens is 2. The van der Waals surface area contributed by atoms with Crippen LogP contribution in [0.2, 0.25) is 0 Å². The topological polar surface area (TPSA) is 101 Å². The Kier molecular flexibility index (Phi) is 5.18. The van der Waals surface area contributed by atoms with Crippen LogP contribution < -0.4 is 15.9 Å². The van der Waals surface area contributed by atoms with Gasteiger partial charge in [0, 0.05) is 43.1 Å². The molecule has 3 N–H and O–H groups in total. The summed E-state index contributed by atoms with van der Waals surface area (Å²) in [5.74, 6) is -0.0177. The summed E-state index contributed by atoms with van der Waals surface area (Å²) < 4.78 is 0. The minimum atomic E-state index is -0.266. The Morgan fingerprint density at radius 3 is 2.34 bits per heavy atom. The summed E-state index contributed by atoms with van der Waals surface area (Å²) in [6.45, 7) is 5.10. The van der Waals surface area contributed by atoms with E-state index >= 15 is 0 Å². The van der Waals surface area contributed by atoms with Crippen LogP contribution in [0.15, 0.2) is 47.3 Å². The molecule has 0 bridgehead atoms. The summed E-state index contributed by atoms with van der Waals surface area (Å²) in [7, 11) is 0. The molecule has 0 unspecified atom stereocenters. The lowest BCUT2D eigenvalue weighted by molar-refractivity contribution is -0.117. The van der Waals surface area contributed by atoms with Gasteiger partial charge in [-0.1, -0.05) is 0 Å². The summed E-state index contributed by atoms with van der Waals surface area (Å²) >= 11 is 0. The molecular formula is C21H23N5O3. The van der Waals surface area contributed by atoms with Gasteiger partial charge in [-0.25, -0.2) is 4.79 Å². The van der Waals surface area contributed by atoms with Gasteiger partial charge >= 0.3 is 5.69 Å². The number of rotatable bonds is 5. The van der Waals surface area contributed by atoms with Gasteiger partial charge in [-0.3, -0.25) is 14.5 Å². The van der Waals surface area contributed by atoms with Crippen molar-refractivity contribution in [1.82, 2.24) is 14.9 Å². The molecule has 1 aliphatic rings. The Hall–Kier alpha value is -3.39. The Labute approximate surface area is 167 Å². The first-order chi connectivity index (χ1) is 14.0. The summed E-state index contributed by atoms with van der Waals surface area (Å²) in [5, 5.41) is 2.89. The quantitative estimate of drug-likeness (QED) is 0.574. The van der Waals surface area contributed by atoms with E-state index in [9.17, 15) is 14.4 Å². The van der Waals surface area contributed by atoms with Crippen LogP contribution >= 0.6 is 0 Å². The minimum Gasteiger partial charge on any atom is -0.369 e. The number of aromatic amines is 2. The van der Waals surface area contributed by atoms with Crippen LogP contribution in [0.5, 0.6) is 0 Å². The van der Waals surface area contributed by atoms with E-state index in [4.69, 9.17) is 0 Å². The van der Waals surface area contributed by atoms with Crippen LogP contribution in [0.4, 0.5) is 11.4 Å². The normalized spacial score (nSPS) is 14.9. The zero-order valence-corrected chi connectivity index (χ0v) is 16.2. The van der Waals surface area contributed by atoms with E-state index < -0.39 is 0 Å². The number of carbonyl (C=O) groups excluding carboxylic acids is 2. The second kappa shape index (κ2) is 7.92. The summed E-state index contributed by atoms with van der Waals surface area (Å²) in [6.07, 6.45) is 0. The molecule has 0 saturated carbocycles. The van der Waals surface area contributed by atoms with Crippen molar-refractivity contribution >= 4 is 34.1 Å². The van der Waals surface area contributed by atoms with Crippen molar-refractivity contribution in [3.05, 3.63) is 58.5 Å².